The third-order valence-electron chi connectivity index (χ3n) is 3.58. The van der Waals surface area contributed by atoms with Crippen LogP contribution in [0, 0.1) is 12.7 Å². The number of hydrogen-bond donors (Lipinski definition) is 0. The Bertz CT molecular complexity index is 826. The lowest BCUT2D eigenvalue weighted by atomic mass is 9.98. The van der Waals surface area contributed by atoms with Crippen molar-refractivity contribution in [1.82, 2.24) is 4.98 Å². The molecule has 0 radical (unpaired) electrons. The topological polar surface area (TPSA) is 30.0 Å². The maximum atomic E-state index is 13.1. The Morgan fingerprint density at radius 1 is 1.14 bits per heavy atom. The normalized spacial score (nSPS) is 10.8. The van der Waals surface area contributed by atoms with Gasteiger partial charge in [0, 0.05) is 23.6 Å². The third-order valence-corrected chi connectivity index (χ3v) is 3.58. The van der Waals surface area contributed by atoms with Crippen LogP contribution in [-0.2, 0) is 6.42 Å². The van der Waals surface area contributed by atoms with Gasteiger partial charge in [0.25, 0.3) is 0 Å². The molecule has 0 N–H and O–H groups in total. The Hall–Kier alpha value is -2.55. The zero-order chi connectivity index (χ0) is 14.8. The highest BCUT2D eigenvalue weighted by Crippen LogP contribution is 2.17. The fraction of sp³-hybridized carbons (Fsp3) is 0.111. The quantitative estimate of drug-likeness (QED) is 0.675. The number of ketones is 1. The summed E-state index contributed by atoms with van der Waals surface area (Å²) in [5.41, 5.74) is 3.17. The predicted molar refractivity (Wildman–Crippen MR) is 80.9 cm³/mol. The number of halogens is 1. The summed E-state index contributed by atoms with van der Waals surface area (Å²) in [7, 11) is 0. The standard InChI is InChI=1S/C18H14FNO/c1-12-9-16(19)6-4-13(12)11-18(21)15-5-7-17-14(10-15)3-2-8-20-17/h2-10H,11H2,1H3. The average Bonchev–Trinajstić information content (AvgIpc) is 2.49. The lowest BCUT2D eigenvalue weighted by Crippen LogP contribution is -2.05. The molecule has 0 aliphatic heterocycles. The molecule has 1 aromatic heterocycles. The Morgan fingerprint density at radius 2 is 2.00 bits per heavy atom. The van der Waals surface area contributed by atoms with E-state index in [1.54, 1.807) is 18.3 Å². The minimum atomic E-state index is -0.277. The number of pyridine rings is 1. The summed E-state index contributed by atoms with van der Waals surface area (Å²) in [6.45, 7) is 1.82. The third kappa shape index (κ3) is 2.82. The average molecular weight is 279 g/mol. The van der Waals surface area contributed by atoms with E-state index in [1.165, 1.54) is 12.1 Å². The number of nitrogens with zero attached hydrogens (tertiary/aromatic N) is 1. The van der Waals surface area contributed by atoms with Crippen LogP contribution in [0.5, 0.6) is 0 Å². The molecule has 0 saturated heterocycles. The van der Waals surface area contributed by atoms with E-state index >= 15 is 0 Å². The van der Waals surface area contributed by atoms with Crippen molar-refractivity contribution in [2.75, 3.05) is 0 Å². The summed E-state index contributed by atoms with van der Waals surface area (Å²) in [4.78, 5) is 16.6. The van der Waals surface area contributed by atoms with Crippen LogP contribution in [0.2, 0.25) is 0 Å². The molecular formula is C18H14FNO. The highest BCUT2D eigenvalue weighted by Gasteiger charge is 2.10. The van der Waals surface area contributed by atoms with Crippen LogP contribution in [0.3, 0.4) is 0 Å². The smallest absolute Gasteiger partial charge is 0.167 e. The van der Waals surface area contributed by atoms with Gasteiger partial charge in [-0.05, 0) is 54.4 Å². The first-order chi connectivity index (χ1) is 10.1. The molecule has 2 nitrogen and oxygen atoms in total. The van der Waals surface area contributed by atoms with E-state index in [2.05, 4.69) is 4.98 Å². The molecule has 3 rings (SSSR count). The van der Waals surface area contributed by atoms with Crippen LogP contribution in [0.15, 0.2) is 54.7 Å². The first-order valence-electron chi connectivity index (χ1n) is 6.76. The van der Waals surface area contributed by atoms with Crippen molar-refractivity contribution in [3.05, 3.63) is 77.2 Å². The summed E-state index contributed by atoms with van der Waals surface area (Å²) >= 11 is 0. The van der Waals surface area contributed by atoms with Crippen LogP contribution < -0.4 is 0 Å². The number of aromatic nitrogens is 1. The molecule has 0 aliphatic rings. The van der Waals surface area contributed by atoms with Gasteiger partial charge in [0.15, 0.2) is 5.78 Å². The van der Waals surface area contributed by atoms with Gasteiger partial charge in [-0.2, -0.15) is 0 Å². The molecule has 3 aromatic rings. The van der Waals surface area contributed by atoms with Crippen LogP contribution >= 0.6 is 0 Å². The molecule has 0 amide bonds. The van der Waals surface area contributed by atoms with E-state index < -0.39 is 0 Å². The number of rotatable bonds is 3. The molecule has 0 atom stereocenters. The second-order valence-corrected chi connectivity index (χ2v) is 5.08. The van der Waals surface area contributed by atoms with Crippen LogP contribution in [0.25, 0.3) is 10.9 Å². The number of carbonyl (C=O) groups excluding carboxylic acids is 1. The molecule has 0 spiro atoms. The van der Waals surface area contributed by atoms with Crippen molar-refractivity contribution in [2.45, 2.75) is 13.3 Å². The minimum absolute atomic E-state index is 0.0236. The number of fused-ring (bicyclic) bond motifs is 1. The largest absolute Gasteiger partial charge is 0.294 e. The summed E-state index contributed by atoms with van der Waals surface area (Å²) in [6.07, 6.45) is 2.00. The Labute approximate surface area is 122 Å². The van der Waals surface area contributed by atoms with E-state index in [4.69, 9.17) is 0 Å². The van der Waals surface area contributed by atoms with Gasteiger partial charge >= 0.3 is 0 Å². The van der Waals surface area contributed by atoms with Crippen molar-refractivity contribution >= 4 is 16.7 Å². The summed E-state index contributed by atoms with van der Waals surface area (Å²) < 4.78 is 13.1. The Morgan fingerprint density at radius 3 is 2.81 bits per heavy atom. The molecule has 0 aliphatic carbocycles. The molecule has 0 saturated carbocycles. The van der Waals surface area contributed by atoms with E-state index in [0.29, 0.717) is 5.56 Å². The van der Waals surface area contributed by atoms with Crippen molar-refractivity contribution in [3.8, 4) is 0 Å². The SMILES string of the molecule is Cc1cc(F)ccc1CC(=O)c1ccc2ncccc2c1. The molecule has 2 aromatic carbocycles. The molecule has 0 unspecified atom stereocenters. The fourth-order valence-corrected chi connectivity index (χ4v) is 2.38. The van der Waals surface area contributed by atoms with Crippen molar-refractivity contribution < 1.29 is 9.18 Å². The van der Waals surface area contributed by atoms with E-state index in [0.717, 1.165) is 22.0 Å². The molecular weight excluding hydrogens is 265 g/mol. The van der Waals surface area contributed by atoms with Crippen LogP contribution in [0.1, 0.15) is 21.5 Å². The van der Waals surface area contributed by atoms with Gasteiger partial charge in [0.2, 0.25) is 0 Å². The molecule has 1 heterocycles. The van der Waals surface area contributed by atoms with Crippen LogP contribution in [-0.4, -0.2) is 10.8 Å². The number of benzene rings is 2. The molecule has 21 heavy (non-hydrogen) atoms. The van der Waals surface area contributed by atoms with Crippen molar-refractivity contribution in [3.63, 3.8) is 0 Å². The maximum Gasteiger partial charge on any atom is 0.167 e. The predicted octanol–water partition coefficient (Wildman–Crippen LogP) is 4.11. The maximum absolute atomic E-state index is 13.1. The molecule has 3 heteroatoms. The molecule has 0 bridgehead atoms. The minimum Gasteiger partial charge on any atom is -0.294 e. The van der Waals surface area contributed by atoms with Gasteiger partial charge in [0.1, 0.15) is 5.82 Å². The van der Waals surface area contributed by atoms with Gasteiger partial charge < -0.3 is 0 Å². The number of Topliss-reactive ketones (excluding diaryl/α,β-unsaturated/α-hetero) is 1. The summed E-state index contributed by atoms with van der Waals surface area (Å²) in [5, 5.41) is 0.944. The zero-order valence-electron chi connectivity index (χ0n) is 11.6. The zero-order valence-corrected chi connectivity index (χ0v) is 11.6. The summed E-state index contributed by atoms with van der Waals surface area (Å²) in [5.74, 6) is -0.254. The number of carbonyl (C=O) groups is 1. The van der Waals surface area contributed by atoms with E-state index in [1.807, 2.05) is 31.2 Å². The van der Waals surface area contributed by atoms with Crippen molar-refractivity contribution in [2.24, 2.45) is 0 Å². The fourth-order valence-electron chi connectivity index (χ4n) is 2.38. The summed E-state index contributed by atoms with van der Waals surface area (Å²) in [6, 6.07) is 13.8. The number of aryl methyl sites for hydroxylation is 1. The van der Waals surface area contributed by atoms with Gasteiger partial charge in [-0.1, -0.05) is 12.1 Å². The first kappa shape index (κ1) is 13.4. The lowest BCUT2D eigenvalue weighted by molar-refractivity contribution is 0.0993. The molecule has 104 valence electrons. The first-order valence-corrected chi connectivity index (χ1v) is 6.76. The highest BCUT2D eigenvalue weighted by atomic mass is 19.1. The van der Waals surface area contributed by atoms with Gasteiger partial charge in [0.05, 0.1) is 5.52 Å². The monoisotopic (exact) mass is 279 g/mol. The second-order valence-electron chi connectivity index (χ2n) is 5.08. The molecule has 0 fully saturated rings. The van der Waals surface area contributed by atoms with E-state index in [9.17, 15) is 9.18 Å². The van der Waals surface area contributed by atoms with Crippen LogP contribution in [0.4, 0.5) is 4.39 Å². The number of hydrogen-bond acceptors (Lipinski definition) is 2. The Kier molecular flexibility index (Phi) is 3.48. The van der Waals surface area contributed by atoms with Crippen molar-refractivity contribution in [1.29, 1.82) is 0 Å². The van der Waals surface area contributed by atoms with E-state index in [-0.39, 0.29) is 18.0 Å². The highest BCUT2D eigenvalue weighted by molar-refractivity contribution is 6.00. The second kappa shape index (κ2) is 5.44. The lowest BCUT2D eigenvalue weighted by Gasteiger charge is -2.06. The van der Waals surface area contributed by atoms with Gasteiger partial charge in [-0.25, -0.2) is 4.39 Å². The Balaban J connectivity index is 1.89. The van der Waals surface area contributed by atoms with Gasteiger partial charge in [-0.3, -0.25) is 9.78 Å². The van der Waals surface area contributed by atoms with Gasteiger partial charge in [-0.15, -0.1) is 0 Å².